The van der Waals surface area contributed by atoms with Crippen LogP contribution in [0.15, 0.2) is 36.4 Å². The van der Waals surface area contributed by atoms with Gasteiger partial charge in [0.2, 0.25) is 11.8 Å². The van der Waals surface area contributed by atoms with Gasteiger partial charge in [-0.15, -0.1) is 0 Å². The normalized spacial score (nSPS) is 16.8. The average Bonchev–Trinajstić information content (AvgIpc) is 2.76. The number of nitrogens with one attached hydrogen (secondary N) is 1. The van der Waals surface area contributed by atoms with Crippen LogP contribution in [0, 0.1) is 5.92 Å². The Morgan fingerprint density at radius 1 is 1.07 bits per heavy atom. The second-order valence-corrected chi connectivity index (χ2v) is 7.66. The Kier molecular flexibility index (Phi) is 5.99. The molecule has 0 radical (unpaired) electrons. The number of carbonyl (C=O) groups excluding carboxylic acids is 2. The largest absolute Gasteiger partial charge is 0.492 e. The predicted octanol–water partition coefficient (Wildman–Crippen LogP) is 3.15. The van der Waals surface area contributed by atoms with Crippen molar-refractivity contribution in [3.8, 4) is 17.2 Å². The number of rotatable bonds is 5. The number of ether oxygens (including phenoxy) is 3. The maximum absolute atomic E-state index is 13.0. The molecule has 158 valence electrons. The van der Waals surface area contributed by atoms with Crippen LogP contribution >= 0.6 is 11.6 Å². The van der Waals surface area contributed by atoms with Crippen molar-refractivity contribution in [1.29, 1.82) is 0 Å². The van der Waals surface area contributed by atoms with Gasteiger partial charge in [-0.1, -0.05) is 11.6 Å². The first kappa shape index (κ1) is 20.3. The van der Waals surface area contributed by atoms with Crippen LogP contribution in [0.3, 0.4) is 0 Å². The fraction of sp³-hybridized carbons (Fsp3) is 0.364. The van der Waals surface area contributed by atoms with Crippen LogP contribution in [-0.2, 0) is 16.0 Å². The minimum absolute atomic E-state index is 0.0390. The first-order valence-corrected chi connectivity index (χ1v) is 10.3. The number of nitrogens with zero attached hydrogens (tertiary/aromatic N) is 1. The summed E-state index contributed by atoms with van der Waals surface area (Å²) < 4.78 is 16.8. The highest BCUT2D eigenvalue weighted by atomic mass is 35.5. The van der Waals surface area contributed by atoms with Gasteiger partial charge in [-0.3, -0.25) is 9.59 Å². The van der Waals surface area contributed by atoms with Crippen molar-refractivity contribution in [3.63, 3.8) is 0 Å². The van der Waals surface area contributed by atoms with Gasteiger partial charge in [0, 0.05) is 23.3 Å². The number of hydrogen-bond donors (Lipinski definition) is 1. The lowest BCUT2D eigenvalue weighted by Crippen LogP contribution is -2.44. The summed E-state index contributed by atoms with van der Waals surface area (Å²) in [5.74, 6) is 1.27. The molecule has 2 aromatic carbocycles. The molecule has 2 aliphatic heterocycles. The van der Waals surface area contributed by atoms with E-state index in [0.29, 0.717) is 48.4 Å². The number of fused-ring (bicyclic) bond motifs is 2. The van der Waals surface area contributed by atoms with Crippen LogP contribution < -0.4 is 19.5 Å². The summed E-state index contributed by atoms with van der Waals surface area (Å²) in [7, 11) is 0. The number of benzene rings is 2. The van der Waals surface area contributed by atoms with Gasteiger partial charge in [0.05, 0.1) is 12.5 Å². The Bertz CT molecular complexity index is 965. The van der Waals surface area contributed by atoms with Crippen molar-refractivity contribution in [3.05, 3.63) is 47.0 Å². The van der Waals surface area contributed by atoms with Crippen LogP contribution in [0.2, 0.25) is 5.02 Å². The monoisotopic (exact) mass is 430 g/mol. The van der Waals surface area contributed by atoms with Gasteiger partial charge in [0.25, 0.3) is 0 Å². The molecule has 0 saturated carbocycles. The Morgan fingerprint density at radius 3 is 2.63 bits per heavy atom. The Hall–Kier alpha value is -2.93. The van der Waals surface area contributed by atoms with E-state index < -0.39 is 0 Å². The lowest BCUT2D eigenvalue weighted by Gasteiger charge is -2.29. The number of halogens is 1. The summed E-state index contributed by atoms with van der Waals surface area (Å²) in [5.41, 5.74) is 1.50. The third-order valence-electron chi connectivity index (χ3n) is 5.13. The zero-order valence-corrected chi connectivity index (χ0v) is 17.4. The van der Waals surface area contributed by atoms with Gasteiger partial charge >= 0.3 is 0 Å². The van der Waals surface area contributed by atoms with Crippen LogP contribution in [0.1, 0.15) is 12.5 Å². The molecular weight excluding hydrogens is 408 g/mol. The first-order chi connectivity index (χ1) is 14.5. The summed E-state index contributed by atoms with van der Waals surface area (Å²) in [6.07, 6.45) is 0.537. The van der Waals surface area contributed by atoms with Crippen molar-refractivity contribution < 1.29 is 23.8 Å². The van der Waals surface area contributed by atoms with Crippen molar-refractivity contribution in [2.45, 2.75) is 13.3 Å². The summed E-state index contributed by atoms with van der Waals surface area (Å²) in [6.45, 7) is 3.50. The van der Waals surface area contributed by atoms with Crippen LogP contribution in [0.4, 0.5) is 5.69 Å². The lowest BCUT2D eigenvalue weighted by atomic mass is 9.95. The van der Waals surface area contributed by atoms with Crippen molar-refractivity contribution >= 4 is 29.1 Å². The highest BCUT2D eigenvalue weighted by Gasteiger charge is 2.30. The predicted molar refractivity (Wildman–Crippen MR) is 112 cm³/mol. The molecule has 30 heavy (non-hydrogen) atoms. The molecule has 8 heteroatoms. The van der Waals surface area contributed by atoms with Gasteiger partial charge in [0.1, 0.15) is 25.6 Å². The zero-order valence-electron chi connectivity index (χ0n) is 16.7. The van der Waals surface area contributed by atoms with E-state index in [4.69, 9.17) is 25.8 Å². The minimum Gasteiger partial charge on any atom is -0.492 e. The molecule has 0 bridgehead atoms. The molecule has 1 atom stereocenters. The second kappa shape index (κ2) is 8.83. The molecule has 1 unspecified atom stereocenters. The van der Waals surface area contributed by atoms with E-state index in [2.05, 4.69) is 5.32 Å². The highest BCUT2D eigenvalue weighted by Crippen LogP contribution is 2.33. The molecule has 0 spiro atoms. The van der Waals surface area contributed by atoms with Crippen molar-refractivity contribution in [2.24, 2.45) is 5.92 Å². The minimum atomic E-state index is -0.349. The van der Waals surface area contributed by atoms with Crippen molar-refractivity contribution in [2.75, 3.05) is 38.2 Å². The van der Waals surface area contributed by atoms with Gasteiger partial charge in [-0.25, -0.2) is 0 Å². The summed E-state index contributed by atoms with van der Waals surface area (Å²) in [6, 6.07) is 10.6. The van der Waals surface area contributed by atoms with E-state index in [9.17, 15) is 9.59 Å². The fourth-order valence-corrected chi connectivity index (χ4v) is 3.82. The third kappa shape index (κ3) is 4.46. The molecule has 2 aliphatic rings. The highest BCUT2D eigenvalue weighted by molar-refractivity contribution is 6.30. The molecule has 2 amide bonds. The van der Waals surface area contributed by atoms with Gasteiger partial charge in [-0.05, 0) is 49.2 Å². The molecule has 0 aromatic heterocycles. The molecule has 7 nitrogen and oxygen atoms in total. The van der Waals surface area contributed by atoms with Crippen molar-refractivity contribution in [1.82, 2.24) is 4.90 Å². The van der Waals surface area contributed by atoms with E-state index in [1.165, 1.54) is 4.90 Å². The summed E-state index contributed by atoms with van der Waals surface area (Å²) in [5, 5.41) is 3.43. The zero-order chi connectivity index (χ0) is 21.1. The molecule has 1 N–H and O–H groups in total. The number of carbonyl (C=O) groups is 2. The van der Waals surface area contributed by atoms with Crippen LogP contribution in [0.25, 0.3) is 0 Å². The lowest BCUT2D eigenvalue weighted by molar-refractivity contribution is -0.139. The average molecular weight is 431 g/mol. The maximum Gasteiger partial charge on any atom is 0.243 e. The first-order valence-electron chi connectivity index (χ1n) is 9.93. The quantitative estimate of drug-likeness (QED) is 0.788. The van der Waals surface area contributed by atoms with Crippen LogP contribution in [0.5, 0.6) is 17.2 Å². The molecule has 2 aromatic rings. The maximum atomic E-state index is 13.0. The van der Waals surface area contributed by atoms with E-state index >= 15 is 0 Å². The number of amides is 2. The van der Waals surface area contributed by atoms with E-state index in [-0.39, 0.29) is 30.9 Å². The standard InChI is InChI=1S/C22H23ClN2O5/c1-2-25(22(27)15-9-14-10-16(23)3-5-18(14)30-13-15)12-21(26)24-17-4-6-19-20(11-17)29-8-7-28-19/h3-6,10-11,15H,2,7-9,12-13H2,1H3,(H,24,26). The molecular formula is C22H23ClN2O5. The smallest absolute Gasteiger partial charge is 0.243 e. The van der Waals surface area contributed by atoms with E-state index in [0.717, 1.165) is 11.3 Å². The van der Waals surface area contributed by atoms with Gasteiger partial charge in [0.15, 0.2) is 11.5 Å². The number of anilines is 1. The molecule has 0 saturated heterocycles. The SMILES string of the molecule is CCN(CC(=O)Nc1ccc2c(c1)OCCO2)C(=O)C1COc2ccc(Cl)cc2C1. The Balaban J connectivity index is 1.38. The third-order valence-corrected chi connectivity index (χ3v) is 5.37. The fourth-order valence-electron chi connectivity index (χ4n) is 3.62. The summed E-state index contributed by atoms with van der Waals surface area (Å²) >= 11 is 6.06. The number of hydrogen-bond acceptors (Lipinski definition) is 5. The van der Waals surface area contributed by atoms with E-state index in [1.807, 2.05) is 19.1 Å². The van der Waals surface area contributed by atoms with E-state index in [1.54, 1.807) is 24.3 Å². The topological polar surface area (TPSA) is 77.1 Å². The van der Waals surface area contributed by atoms with Gasteiger partial charge < -0.3 is 24.4 Å². The molecule has 0 aliphatic carbocycles. The van der Waals surface area contributed by atoms with Crippen LogP contribution in [-0.4, -0.2) is 49.6 Å². The molecule has 4 rings (SSSR count). The van der Waals surface area contributed by atoms with Gasteiger partial charge in [-0.2, -0.15) is 0 Å². The molecule has 2 heterocycles. The summed E-state index contributed by atoms with van der Waals surface area (Å²) in [4.78, 5) is 27.1. The Labute approximate surface area is 179 Å². The Morgan fingerprint density at radius 2 is 1.83 bits per heavy atom. The number of likely N-dealkylation sites (N-methyl/N-ethyl adjacent to an activating group) is 1. The second-order valence-electron chi connectivity index (χ2n) is 7.22. The molecule has 0 fully saturated rings.